The van der Waals surface area contributed by atoms with Crippen molar-refractivity contribution in [2.75, 3.05) is 5.32 Å². The van der Waals surface area contributed by atoms with E-state index in [9.17, 15) is 9.90 Å². The van der Waals surface area contributed by atoms with Gasteiger partial charge in [0.2, 0.25) is 11.1 Å². The highest BCUT2D eigenvalue weighted by atomic mass is 32.2. The van der Waals surface area contributed by atoms with Crippen LogP contribution in [0.2, 0.25) is 0 Å². The molecular weight excluding hydrogens is 448 g/mol. The van der Waals surface area contributed by atoms with E-state index >= 15 is 0 Å². The summed E-state index contributed by atoms with van der Waals surface area (Å²) in [7, 11) is 0. The number of aromatic nitrogens is 3. The number of phenolic OH excluding ortho intramolecular Hbond substituents is 1. The summed E-state index contributed by atoms with van der Waals surface area (Å²) in [6.07, 6.45) is 5.10. The summed E-state index contributed by atoms with van der Waals surface area (Å²) < 4.78 is 7.67. The van der Waals surface area contributed by atoms with Crippen LogP contribution in [0.3, 0.4) is 0 Å². The number of fused-ring (bicyclic) bond motifs is 1. The summed E-state index contributed by atoms with van der Waals surface area (Å²) in [5.41, 5.74) is 3.12. The number of nitrogens with one attached hydrogen (secondary N) is 1. The number of allylic oxidation sites excluding steroid dienone is 1. The Morgan fingerprint density at radius 2 is 1.94 bits per heavy atom. The minimum atomic E-state index is -0.544. The highest BCUT2D eigenvalue weighted by Crippen LogP contribution is 2.38. The average Bonchev–Trinajstić information content (AvgIpc) is 3.25. The van der Waals surface area contributed by atoms with Crippen LogP contribution in [0.1, 0.15) is 56.2 Å². The van der Waals surface area contributed by atoms with Gasteiger partial charge in [-0.15, -0.1) is 5.10 Å². The third kappa shape index (κ3) is 4.82. The second-order valence-electron chi connectivity index (χ2n) is 8.76. The summed E-state index contributed by atoms with van der Waals surface area (Å²) in [5, 5.41) is 18.8. The van der Waals surface area contributed by atoms with E-state index in [0.717, 1.165) is 37.0 Å². The Labute approximate surface area is 203 Å². The topological polar surface area (TPSA) is 89.3 Å². The van der Waals surface area contributed by atoms with Crippen molar-refractivity contribution < 1.29 is 14.6 Å². The van der Waals surface area contributed by atoms with Gasteiger partial charge in [0, 0.05) is 11.4 Å². The van der Waals surface area contributed by atoms with Gasteiger partial charge in [-0.1, -0.05) is 60.6 Å². The minimum absolute atomic E-state index is 0.0551. The number of hydrogen-bond donors (Lipinski definition) is 2. The first-order valence-corrected chi connectivity index (χ1v) is 12.7. The molecule has 1 aliphatic heterocycles. The van der Waals surface area contributed by atoms with E-state index in [4.69, 9.17) is 9.84 Å². The number of nitrogens with zero attached hydrogens (tertiary/aromatic N) is 3. The molecule has 34 heavy (non-hydrogen) atoms. The first kappa shape index (κ1) is 22.5. The van der Waals surface area contributed by atoms with E-state index in [1.165, 1.54) is 23.7 Å². The molecule has 1 unspecified atom stereocenters. The SMILES string of the molecule is CC1=C(C(=O)OC2CCCCC2)C(c2cccc(O)c2)n2nc(SCc3ccccc3)nc2N1. The number of thioether (sulfide) groups is 1. The molecule has 0 radical (unpaired) electrons. The zero-order valence-corrected chi connectivity index (χ0v) is 19.9. The smallest absolute Gasteiger partial charge is 0.338 e. The fourth-order valence-corrected chi connectivity index (χ4v) is 5.36. The van der Waals surface area contributed by atoms with E-state index in [1.54, 1.807) is 22.9 Å². The lowest BCUT2D eigenvalue weighted by Crippen LogP contribution is -2.32. The standard InChI is InChI=1S/C26H28N4O3S/c1-17-22(24(32)33-21-13-6-3-7-14-21)23(19-11-8-12-20(31)15-19)30-25(27-17)28-26(29-30)34-16-18-9-4-2-5-10-18/h2,4-5,8-12,15,21,23,31H,3,6-7,13-14,16H2,1H3,(H,27,28,29). The van der Waals surface area contributed by atoms with Crippen molar-refractivity contribution in [2.24, 2.45) is 0 Å². The van der Waals surface area contributed by atoms with Gasteiger partial charge < -0.3 is 15.2 Å². The average molecular weight is 477 g/mol. The van der Waals surface area contributed by atoms with Gasteiger partial charge in [0.1, 0.15) is 17.9 Å². The molecule has 2 heterocycles. The van der Waals surface area contributed by atoms with Crippen molar-refractivity contribution in [2.45, 2.75) is 62.1 Å². The maximum Gasteiger partial charge on any atom is 0.338 e. The van der Waals surface area contributed by atoms with Gasteiger partial charge in [-0.3, -0.25) is 0 Å². The molecule has 0 bridgehead atoms. The molecular formula is C26H28N4O3S. The molecule has 0 amide bonds. The molecule has 5 rings (SSSR count). The molecule has 2 aromatic carbocycles. The first-order chi connectivity index (χ1) is 16.6. The number of carbonyl (C=O) groups is 1. The minimum Gasteiger partial charge on any atom is -0.508 e. The van der Waals surface area contributed by atoms with Gasteiger partial charge in [-0.2, -0.15) is 4.98 Å². The van der Waals surface area contributed by atoms with Crippen LogP contribution < -0.4 is 5.32 Å². The number of rotatable bonds is 6. The Kier molecular flexibility index (Phi) is 6.58. The third-order valence-electron chi connectivity index (χ3n) is 6.28. The summed E-state index contributed by atoms with van der Waals surface area (Å²) in [4.78, 5) is 18.1. The molecule has 2 aliphatic rings. The Bertz CT molecular complexity index is 1200. The van der Waals surface area contributed by atoms with Gasteiger partial charge in [0.25, 0.3) is 0 Å². The fourth-order valence-electron chi connectivity index (χ4n) is 4.58. The molecule has 176 valence electrons. The van der Waals surface area contributed by atoms with E-state index in [-0.39, 0.29) is 17.8 Å². The van der Waals surface area contributed by atoms with Crippen LogP contribution in [0, 0.1) is 0 Å². The Morgan fingerprint density at radius 3 is 2.71 bits per heavy atom. The van der Waals surface area contributed by atoms with E-state index in [0.29, 0.717) is 22.4 Å². The second-order valence-corrected chi connectivity index (χ2v) is 9.71. The van der Waals surface area contributed by atoms with Crippen molar-refractivity contribution >= 4 is 23.7 Å². The molecule has 1 aromatic heterocycles. The summed E-state index contributed by atoms with van der Waals surface area (Å²) in [5.74, 6) is 1.10. The third-order valence-corrected chi connectivity index (χ3v) is 7.18. The summed E-state index contributed by atoms with van der Waals surface area (Å²) >= 11 is 1.54. The molecule has 1 saturated carbocycles. The van der Waals surface area contributed by atoms with Crippen LogP contribution in [-0.4, -0.2) is 31.9 Å². The summed E-state index contributed by atoms with van der Waals surface area (Å²) in [6.45, 7) is 1.86. The molecule has 1 fully saturated rings. The molecule has 8 heteroatoms. The van der Waals surface area contributed by atoms with Gasteiger partial charge >= 0.3 is 5.97 Å². The van der Waals surface area contributed by atoms with E-state index in [2.05, 4.69) is 22.4 Å². The number of anilines is 1. The zero-order valence-electron chi connectivity index (χ0n) is 19.1. The quantitative estimate of drug-likeness (QED) is 0.362. The Hall–Kier alpha value is -3.26. The zero-order chi connectivity index (χ0) is 23.5. The predicted octanol–water partition coefficient (Wildman–Crippen LogP) is 5.44. The lowest BCUT2D eigenvalue weighted by molar-refractivity contribution is -0.146. The second kappa shape index (κ2) is 9.93. The first-order valence-electron chi connectivity index (χ1n) is 11.7. The van der Waals surface area contributed by atoms with E-state index in [1.807, 2.05) is 31.2 Å². The number of aromatic hydroxyl groups is 1. The fraction of sp³-hybridized carbons (Fsp3) is 0.346. The predicted molar refractivity (Wildman–Crippen MR) is 132 cm³/mol. The van der Waals surface area contributed by atoms with Crippen LogP contribution in [0.4, 0.5) is 5.95 Å². The van der Waals surface area contributed by atoms with Gasteiger partial charge in [0.05, 0.1) is 5.57 Å². The lowest BCUT2D eigenvalue weighted by atomic mass is 9.94. The van der Waals surface area contributed by atoms with Gasteiger partial charge in [-0.25, -0.2) is 9.48 Å². The highest BCUT2D eigenvalue weighted by Gasteiger charge is 2.36. The molecule has 0 saturated heterocycles. The maximum atomic E-state index is 13.4. The van der Waals surface area contributed by atoms with Crippen molar-refractivity contribution in [3.05, 3.63) is 77.0 Å². The van der Waals surface area contributed by atoms with Crippen LogP contribution in [-0.2, 0) is 15.3 Å². The highest BCUT2D eigenvalue weighted by molar-refractivity contribution is 7.98. The molecule has 7 nitrogen and oxygen atoms in total. The van der Waals surface area contributed by atoms with Crippen molar-refractivity contribution in [3.8, 4) is 5.75 Å². The van der Waals surface area contributed by atoms with Crippen LogP contribution in [0.25, 0.3) is 0 Å². The Balaban J connectivity index is 1.46. The largest absolute Gasteiger partial charge is 0.508 e. The van der Waals surface area contributed by atoms with Gasteiger partial charge in [-0.05, 0) is 55.9 Å². The number of ether oxygens (including phenoxy) is 1. The van der Waals surface area contributed by atoms with Crippen molar-refractivity contribution in [1.82, 2.24) is 14.8 Å². The summed E-state index contributed by atoms with van der Waals surface area (Å²) in [6, 6.07) is 16.6. The molecule has 1 atom stereocenters. The normalized spacial score (nSPS) is 18.3. The monoisotopic (exact) mass is 476 g/mol. The van der Waals surface area contributed by atoms with Gasteiger partial charge in [0.15, 0.2) is 0 Å². The van der Waals surface area contributed by atoms with Crippen molar-refractivity contribution in [1.29, 1.82) is 0 Å². The molecule has 1 aliphatic carbocycles. The van der Waals surface area contributed by atoms with E-state index < -0.39 is 6.04 Å². The number of esters is 1. The van der Waals surface area contributed by atoms with Crippen LogP contribution >= 0.6 is 11.8 Å². The number of hydrogen-bond acceptors (Lipinski definition) is 7. The molecule has 3 aromatic rings. The molecule has 0 spiro atoms. The Morgan fingerprint density at radius 1 is 1.15 bits per heavy atom. The molecule has 2 N–H and O–H groups in total. The number of carbonyl (C=O) groups excluding carboxylic acids is 1. The maximum absolute atomic E-state index is 13.4. The van der Waals surface area contributed by atoms with Crippen LogP contribution in [0.15, 0.2) is 71.0 Å². The van der Waals surface area contributed by atoms with Crippen molar-refractivity contribution in [3.63, 3.8) is 0 Å². The van der Waals surface area contributed by atoms with Crippen LogP contribution in [0.5, 0.6) is 5.75 Å². The number of phenols is 1. The number of benzene rings is 2. The lowest BCUT2D eigenvalue weighted by Gasteiger charge is -2.30.